The Bertz CT molecular complexity index is 657. The Kier molecular flexibility index (Phi) is 3.66. The third-order valence-electron chi connectivity index (χ3n) is 2.07. The van der Waals surface area contributed by atoms with Crippen LogP contribution in [0.3, 0.4) is 0 Å². The maximum atomic E-state index is 12.6. The van der Waals surface area contributed by atoms with Crippen LogP contribution in [0.5, 0.6) is 0 Å². The molecule has 1 N–H and O–H groups in total. The van der Waals surface area contributed by atoms with Crippen LogP contribution in [0, 0.1) is 6.92 Å². The molecule has 0 radical (unpaired) electrons. The van der Waals surface area contributed by atoms with Gasteiger partial charge in [-0.25, -0.2) is 9.78 Å². The number of nitrogens with zero attached hydrogens (tertiary/aromatic N) is 3. The highest BCUT2D eigenvalue weighted by molar-refractivity contribution is 7.99. The molecule has 0 spiro atoms. The van der Waals surface area contributed by atoms with E-state index in [1.807, 2.05) is 0 Å². The average molecular weight is 305 g/mol. The van der Waals surface area contributed by atoms with Crippen molar-refractivity contribution >= 4 is 17.7 Å². The molecule has 0 saturated heterocycles. The standard InChI is InChI=1S/C10H6F3N3O3S/c1-4-15-16-9(19-4)20-7-5(8(17)18)2-3-6(14-7)10(11,12)13/h2-3H,1H3,(H,17,18). The van der Waals surface area contributed by atoms with Crippen LogP contribution in [0.15, 0.2) is 26.8 Å². The molecular weight excluding hydrogens is 299 g/mol. The van der Waals surface area contributed by atoms with Gasteiger partial charge in [-0.15, -0.1) is 10.2 Å². The number of hydrogen-bond donors (Lipinski definition) is 1. The van der Waals surface area contributed by atoms with Gasteiger partial charge in [0.05, 0.1) is 5.56 Å². The van der Waals surface area contributed by atoms with Crippen molar-refractivity contribution in [2.24, 2.45) is 0 Å². The second kappa shape index (κ2) is 5.12. The molecule has 0 aliphatic carbocycles. The van der Waals surface area contributed by atoms with Crippen LogP contribution >= 0.6 is 11.8 Å². The van der Waals surface area contributed by atoms with E-state index in [1.165, 1.54) is 6.92 Å². The monoisotopic (exact) mass is 305 g/mol. The smallest absolute Gasteiger partial charge is 0.433 e. The van der Waals surface area contributed by atoms with Gasteiger partial charge >= 0.3 is 12.1 Å². The lowest BCUT2D eigenvalue weighted by Crippen LogP contribution is -2.11. The Balaban J connectivity index is 2.44. The quantitative estimate of drug-likeness (QED) is 0.932. The van der Waals surface area contributed by atoms with Crippen molar-refractivity contribution in [3.63, 3.8) is 0 Å². The van der Waals surface area contributed by atoms with Gasteiger partial charge in [0.15, 0.2) is 0 Å². The molecule has 2 aromatic rings. The summed E-state index contributed by atoms with van der Waals surface area (Å²) in [6.45, 7) is 1.49. The molecule has 0 saturated carbocycles. The van der Waals surface area contributed by atoms with Crippen molar-refractivity contribution in [2.75, 3.05) is 0 Å². The highest BCUT2D eigenvalue weighted by Gasteiger charge is 2.33. The number of alkyl halides is 3. The van der Waals surface area contributed by atoms with Crippen LogP contribution in [-0.2, 0) is 6.18 Å². The van der Waals surface area contributed by atoms with E-state index in [0.29, 0.717) is 17.8 Å². The van der Waals surface area contributed by atoms with Crippen LogP contribution in [0.25, 0.3) is 0 Å². The van der Waals surface area contributed by atoms with E-state index < -0.39 is 17.8 Å². The lowest BCUT2D eigenvalue weighted by atomic mass is 10.2. The van der Waals surface area contributed by atoms with Gasteiger partial charge in [0.2, 0.25) is 5.89 Å². The van der Waals surface area contributed by atoms with Crippen molar-refractivity contribution in [2.45, 2.75) is 23.3 Å². The highest BCUT2D eigenvalue weighted by Crippen LogP contribution is 2.33. The Hall–Kier alpha value is -2.10. The summed E-state index contributed by atoms with van der Waals surface area (Å²) in [4.78, 5) is 14.3. The molecule has 0 bridgehead atoms. The van der Waals surface area contributed by atoms with Crippen molar-refractivity contribution in [1.29, 1.82) is 0 Å². The van der Waals surface area contributed by atoms with E-state index in [9.17, 15) is 18.0 Å². The number of aromatic nitrogens is 3. The fourth-order valence-corrected chi connectivity index (χ4v) is 2.06. The summed E-state index contributed by atoms with van der Waals surface area (Å²) in [5, 5.41) is 15.5. The molecule has 2 heterocycles. The molecule has 0 amide bonds. The summed E-state index contributed by atoms with van der Waals surface area (Å²) in [6, 6.07) is 1.44. The fourth-order valence-electron chi connectivity index (χ4n) is 1.24. The number of hydrogen-bond acceptors (Lipinski definition) is 6. The number of rotatable bonds is 3. The largest absolute Gasteiger partial charge is 0.478 e. The summed E-state index contributed by atoms with van der Waals surface area (Å²) in [6.07, 6.45) is -4.67. The summed E-state index contributed by atoms with van der Waals surface area (Å²) in [5.74, 6) is -1.19. The predicted molar refractivity (Wildman–Crippen MR) is 59.4 cm³/mol. The van der Waals surface area contributed by atoms with Crippen LogP contribution in [0.4, 0.5) is 13.2 Å². The van der Waals surface area contributed by atoms with Crippen LogP contribution < -0.4 is 0 Å². The van der Waals surface area contributed by atoms with Gasteiger partial charge < -0.3 is 9.52 Å². The number of aryl methyl sites for hydroxylation is 1. The summed E-state index contributed by atoms with van der Waals surface area (Å²) in [7, 11) is 0. The second-order valence-electron chi connectivity index (χ2n) is 3.54. The van der Waals surface area contributed by atoms with Crippen molar-refractivity contribution in [1.82, 2.24) is 15.2 Å². The lowest BCUT2D eigenvalue weighted by molar-refractivity contribution is -0.141. The molecular formula is C10H6F3N3O3S. The fraction of sp³-hybridized carbons (Fsp3) is 0.200. The number of pyridine rings is 1. The SMILES string of the molecule is Cc1nnc(Sc2nc(C(F)(F)F)ccc2C(=O)O)o1. The maximum Gasteiger partial charge on any atom is 0.433 e. The van der Waals surface area contributed by atoms with Crippen molar-refractivity contribution < 1.29 is 27.5 Å². The molecule has 2 rings (SSSR count). The Morgan fingerprint density at radius 3 is 2.55 bits per heavy atom. The number of halogens is 3. The number of carboxylic acid groups (broad SMARTS) is 1. The third-order valence-corrected chi connectivity index (χ3v) is 2.92. The summed E-state index contributed by atoms with van der Waals surface area (Å²) < 4.78 is 42.7. The first-order valence-electron chi connectivity index (χ1n) is 5.07. The predicted octanol–water partition coefficient (Wildman–Crippen LogP) is 2.64. The highest BCUT2D eigenvalue weighted by atomic mass is 32.2. The molecule has 106 valence electrons. The molecule has 0 aromatic carbocycles. The number of aromatic carboxylic acids is 1. The van der Waals surface area contributed by atoms with E-state index >= 15 is 0 Å². The molecule has 6 nitrogen and oxygen atoms in total. The lowest BCUT2D eigenvalue weighted by Gasteiger charge is -2.08. The van der Waals surface area contributed by atoms with Gasteiger partial charge in [-0.05, 0) is 23.9 Å². The topological polar surface area (TPSA) is 89.1 Å². The molecule has 20 heavy (non-hydrogen) atoms. The second-order valence-corrected chi connectivity index (χ2v) is 4.48. The summed E-state index contributed by atoms with van der Waals surface area (Å²) in [5.41, 5.74) is -1.57. The van der Waals surface area contributed by atoms with E-state index in [2.05, 4.69) is 15.2 Å². The molecule has 10 heteroatoms. The molecule has 2 aromatic heterocycles. The zero-order chi connectivity index (χ0) is 14.9. The Morgan fingerprint density at radius 1 is 1.35 bits per heavy atom. The van der Waals surface area contributed by atoms with Crippen LogP contribution in [0.2, 0.25) is 0 Å². The van der Waals surface area contributed by atoms with Gasteiger partial charge in [0, 0.05) is 6.92 Å². The number of carboxylic acids is 1. The zero-order valence-electron chi connectivity index (χ0n) is 9.80. The van der Waals surface area contributed by atoms with Crippen molar-refractivity contribution in [3.05, 3.63) is 29.3 Å². The molecule has 0 unspecified atom stereocenters. The van der Waals surface area contributed by atoms with Gasteiger partial charge in [0.1, 0.15) is 10.7 Å². The maximum absolute atomic E-state index is 12.6. The normalized spacial score (nSPS) is 11.6. The Morgan fingerprint density at radius 2 is 2.05 bits per heavy atom. The van der Waals surface area contributed by atoms with E-state index in [0.717, 1.165) is 6.07 Å². The average Bonchev–Trinajstić information content (AvgIpc) is 2.73. The third kappa shape index (κ3) is 3.07. The molecule has 0 atom stereocenters. The minimum absolute atomic E-state index is 0.0863. The van der Waals surface area contributed by atoms with Crippen LogP contribution in [0.1, 0.15) is 21.9 Å². The first-order chi connectivity index (χ1) is 9.27. The molecule has 0 aliphatic rings. The molecule has 0 aliphatic heterocycles. The van der Waals surface area contributed by atoms with Gasteiger partial charge in [-0.3, -0.25) is 0 Å². The first kappa shape index (κ1) is 14.3. The minimum atomic E-state index is -4.67. The van der Waals surface area contributed by atoms with E-state index in [1.54, 1.807) is 0 Å². The van der Waals surface area contributed by atoms with Crippen LogP contribution in [-0.4, -0.2) is 26.3 Å². The molecule has 0 fully saturated rings. The van der Waals surface area contributed by atoms with Crippen molar-refractivity contribution in [3.8, 4) is 0 Å². The van der Waals surface area contributed by atoms with E-state index in [4.69, 9.17) is 9.52 Å². The number of carbonyl (C=O) groups is 1. The van der Waals surface area contributed by atoms with Gasteiger partial charge in [-0.1, -0.05) is 0 Å². The Labute approximate surface area is 114 Å². The van der Waals surface area contributed by atoms with E-state index in [-0.39, 0.29) is 21.7 Å². The first-order valence-corrected chi connectivity index (χ1v) is 5.88. The summed E-state index contributed by atoms with van der Waals surface area (Å²) >= 11 is 0.561. The minimum Gasteiger partial charge on any atom is -0.478 e. The van der Waals surface area contributed by atoms with Gasteiger partial charge in [-0.2, -0.15) is 13.2 Å². The zero-order valence-corrected chi connectivity index (χ0v) is 10.6. The van der Waals surface area contributed by atoms with Gasteiger partial charge in [0.25, 0.3) is 5.22 Å².